The minimum Gasteiger partial charge on any atom is -0.396 e. The summed E-state index contributed by atoms with van der Waals surface area (Å²) in [7, 11) is 0. The van der Waals surface area contributed by atoms with E-state index in [-0.39, 0.29) is 12.6 Å². The van der Waals surface area contributed by atoms with E-state index in [1.807, 2.05) is 26.0 Å². The molecule has 0 fully saturated rings. The highest BCUT2D eigenvalue weighted by Gasteiger charge is 2.16. The number of amides is 2. The Labute approximate surface area is 133 Å². The molecule has 0 aromatic carbocycles. The second-order valence-corrected chi connectivity index (χ2v) is 6.15. The molecule has 2 heterocycles. The lowest BCUT2D eigenvalue weighted by Crippen LogP contribution is -2.35. The van der Waals surface area contributed by atoms with Gasteiger partial charge >= 0.3 is 6.03 Å². The number of carbonyl (C=O) groups excluding carboxylic acids is 1. The monoisotopic (exact) mass is 320 g/mol. The zero-order valence-corrected chi connectivity index (χ0v) is 13.6. The third kappa shape index (κ3) is 4.51. The zero-order valence-electron chi connectivity index (χ0n) is 12.7. The van der Waals surface area contributed by atoms with Gasteiger partial charge in [0.2, 0.25) is 0 Å². The van der Waals surface area contributed by atoms with Crippen molar-refractivity contribution in [3.8, 4) is 0 Å². The summed E-state index contributed by atoms with van der Waals surface area (Å²) >= 11 is 1.46. The molecule has 22 heavy (non-hydrogen) atoms. The first-order valence-corrected chi connectivity index (χ1v) is 7.91. The van der Waals surface area contributed by atoms with Gasteiger partial charge in [-0.25, -0.2) is 9.78 Å². The quantitative estimate of drug-likeness (QED) is 0.857. The fourth-order valence-electron chi connectivity index (χ4n) is 1.92. The molecule has 6 nitrogen and oxygen atoms in total. The Bertz CT molecular complexity index is 596. The van der Waals surface area contributed by atoms with Crippen molar-refractivity contribution in [3.05, 3.63) is 40.7 Å². The highest BCUT2D eigenvalue weighted by molar-refractivity contribution is 7.15. The van der Waals surface area contributed by atoms with Gasteiger partial charge in [0.25, 0.3) is 0 Å². The van der Waals surface area contributed by atoms with Gasteiger partial charge in [-0.1, -0.05) is 0 Å². The van der Waals surface area contributed by atoms with E-state index in [0.717, 1.165) is 16.1 Å². The van der Waals surface area contributed by atoms with E-state index < -0.39 is 0 Å². The number of aliphatic hydroxyl groups is 1. The summed E-state index contributed by atoms with van der Waals surface area (Å²) in [5.74, 6) is 0. The van der Waals surface area contributed by atoms with Crippen molar-refractivity contribution in [1.29, 1.82) is 0 Å². The summed E-state index contributed by atoms with van der Waals surface area (Å²) < 4.78 is 0. The van der Waals surface area contributed by atoms with Gasteiger partial charge in [0, 0.05) is 37.0 Å². The Morgan fingerprint density at radius 1 is 1.36 bits per heavy atom. The molecular weight excluding hydrogens is 300 g/mol. The summed E-state index contributed by atoms with van der Waals surface area (Å²) in [6.07, 6.45) is 3.93. The average molecular weight is 320 g/mol. The Morgan fingerprint density at radius 3 is 2.68 bits per heavy atom. The second-order valence-electron chi connectivity index (χ2n) is 4.94. The fraction of sp³-hybridized carbons (Fsp3) is 0.400. The number of rotatable bonds is 6. The molecule has 0 radical (unpaired) electrons. The molecule has 0 aliphatic carbocycles. The van der Waals surface area contributed by atoms with Gasteiger partial charge < -0.3 is 10.0 Å². The number of aromatic nitrogens is 2. The minimum absolute atomic E-state index is 0.0512. The maximum Gasteiger partial charge on any atom is 0.323 e. The Kier molecular flexibility index (Phi) is 5.85. The standard InChI is InChI=1S/C15H20N4O2S/c1-11-12(2)22-14(17-11)18-15(21)19(8-3-9-20)10-13-4-6-16-7-5-13/h4-7,20H,3,8-10H2,1-2H3,(H,17,18,21). The number of aryl methyl sites for hydroxylation is 2. The summed E-state index contributed by atoms with van der Waals surface area (Å²) in [5, 5.41) is 12.4. The number of pyridine rings is 1. The van der Waals surface area contributed by atoms with E-state index in [1.165, 1.54) is 11.3 Å². The number of carbonyl (C=O) groups is 1. The molecule has 2 aromatic rings. The number of thiazole rings is 1. The van der Waals surface area contributed by atoms with Crippen LogP contribution in [0.3, 0.4) is 0 Å². The van der Waals surface area contributed by atoms with E-state index in [4.69, 9.17) is 5.11 Å². The van der Waals surface area contributed by atoms with Crippen LogP contribution in [-0.2, 0) is 6.54 Å². The lowest BCUT2D eigenvalue weighted by molar-refractivity contribution is 0.199. The summed E-state index contributed by atoms with van der Waals surface area (Å²) in [6.45, 7) is 4.90. The van der Waals surface area contributed by atoms with Crippen molar-refractivity contribution in [1.82, 2.24) is 14.9 Å². The number of anilines is 1. The van der Waals surface area contributed by atoms with Crippen molar-refractivity contribution in [2.24, 2.45) is 0 Å². The second kappa shape index (κ2) is 7.86. The first kappa shape index (κ1) is 16.4. The number of hydrogen-bond donors (Lipinski definition) is 2. The molecule has 0 aliphatic heterocycles. The molecule has 7 heteroatoms. The third-order valence-electron chi connectivity index (χ3n) is 3.24. The normalized spacial score (nSPS) is 10.5. The maximum absolute atomic E-state index is 12.4. The Morgan fingerprint density at radius 2 is 2.09 bits per heavy atom. The number of aliphatic hydroxyl groups excluding tert-OH is 1. The molecule has 0 saturated carbocycles. The van der Waals surface area contributed by atoms with Crippen molar-refractivity contribution >= 4 is 22.5 Å². The Hall–Kier alpha value is -1.99. The predicted octanol–water partition coefficient (Wildman–Crippen LogP) is 2.57. The molecule has 2 aromatic heterocycles. The van der Waals surface area contributed by atoms with Gasteiger partial charge in [-0.2, -0.15) is 0 Å². The van der Waals surface area contributed by atoms with Crippen molar-refractivity contribution in [3.63, 3.8) is 0 Å². The van der Waals surface area contributed by atoms with Crippen LogP contribution in [-0.4, -0.2) is 39.2 Å². The highest BCUT2D eigenvalue weighted by atomic mass is 32.1. The molecule has 0 aliphatic rings. The number of nitrogens with zero attached hydrogens (tertiary/aromatic N) is 3. The van der Waals surface area contributed by atoms with Crippen molar-refractivity contribution in [2.45, 2.75) is 26.8 Å². The Balaban J connectivity index is 2.05. The average Bonchev–Trinajstić information content (AvgIpc) is 2.82. The molecule has 118 valence electrons. The van der Waals surface area contributed by atoms with Gasteiger partial charge in [0.15, 0.2) is 5.13 Å². The highest BCUT2D eigenvalue weighted by Crippen LogP contribution is 2.21. The van der Waals surface area contributed by atoms with Crippen LogP contribution >= 0.6 is 11.3 Å². The summed E-state index contributed by atoms with van der Waals surface area (Å²) in [5.41, 5.74) is 1.92. The molecule has 0 saturated heterocycles. The van der Waals surface area contributed by atoms with E-state index >= 15 is 0 Å². The van der Waals surface area contributed by atoms with Crippen LogP contribution in [0.1, 0.15) is 22.6 Å². The van der Waals surface area contributed by atoms with Crippen molar-refractivity contribution < 1.29 is 9.90 Å². The number of hydrogen-bond acceptors (Lipinski definition) is 5. The smallest absolute Gasteiger partial charge is 0.323 e. The topological polar surface area (TPSA) is 78.4 Å². The van der Waals surface area contributed by atoms with E-state index in [1.54, 1.807) is 17.3 Å². The summed E-state index contributed by atoms with van der Waals surface area (Å²) in [4.78, 5) is 23.5. The lowest BCUT2D eigenvalue weighted by Gasteiger charge is -2.22. The number of urea groups is 1. The van der Waals surface area contributed by atoms with Crippen molar-refractivity contribution in [2.75, 3.05) is 18.5 Å². The van der Waals surface area contributed by atoms with E-state index in [9.17, 15) is 4.79 Å². The van der Waals surface area contributed by atoms with Crippen LogP contribution in [0.2, 0.25) is 0 Å². The molecular formula is C15H20N4O2S. The minimum atomic E-state index is -0.209. The summed E-state index contributed by atoms with van der Waals surface area (Å²) in [6, 6.07) is 3.53. The molecule has 0 spiro atoms. The van der Waals surface area contributed by atoms with Gasteiger partial charge in [-0.3, -0.25) is 10.3 Å². The van der Waals surface area contributed by atoms with Crippen LogP contribution in [0.25, 0.3) is 0 Å². The largest absolute Gasteiger partial charge is 0.396 e. The molecule has 0 atom stereocenters. The van der Waals surface area contributed by atoms with E-state index in [2.05, 4.69) is 15.3 Å². The predicted molar refractivity (Wildman–Crippen MR) is 87.0 cm³/mol. The molecule has 2 rings (SSSR count). The van der Waals surface area contributed by atoms with Crippen LogP contribution in [0.15, 0.2) is 24.5 Å². The van der Waals surface area contributed by atoms with Gasteiger partial charge in [0.05, 0.1) is 5.69 Å². The molecule has 2 N–H and O–H groups in total. The number of nitrogens with one attached hydrogen (secondary N) is 1. The molecule has 0 unspecified atom stereocenters. The maximum atomic E-state index is 12.4. The van der Waals surface area contributed by atoms with E-state index in [0.29, 0.717) is 24.6 Å². The van der Waals surface area contributed by atoms with Gasteiger partial charge in [0.1, 0.15) is 0 Å². The van der Waals surface area contributed by atoms with Gasteiger partial charge in [-0.05, 0) is 38.0 Å². The van der Waals surface area contributed by atoms with Crippen LogP contribution in [0.5, 0.6) is 0 Å². The SMILES string of the molecule is Cc1nc(NC(=O)N(CCCO)Cc2ccncc2)sc1C. The van der Waals surface area contributed by atoms with Crippen LogP contribution in [0.4, 0.5) is 9.93 Å². The third-order valence-corrected chi connectivity index (χ3v) is 4.23. The first-order valence-electron chi connectivity index (χ1n) is 7.10. The first-order chi connectivity index (χ1) is 10.6. The fourth-order valence-corrected chi connectivity index (χ4v) is 2.72. The lowest BCUT2D eigenvalue weighted by atomic mass is 10.2. The zero-order chi connectivity index (χ0) is 15.9. The van der Waals surface area contributed by atoms with Crippen LogP contribution < -0.4 is 5.32 Å². The molecule has 2 amide bonds. The molecule has 0 bridgehead atoms. The van der Waals surface area contributed by atoms with Gasteiger partial charge in [-0.15, -0.1) is 11.3 Å². The van der Waals surface area contributed by atoms with Crippen LogP contribution in [0, 0.1) is 13.8 Å².